The van der Waals surface area contributed by atoms with Crippen LogP contribution in [0.3, 0.4) is 0 Å². The molecule has 0 bridgehead atoms. The first kappa shape index (κ1) is 24.6. The Hall–Kier alpha value is -3.06. The number of alkyl halides is 3. The maximum Gasteiger partial charge on any atom is 0.416 e. The maximum absolute atomic E-state index is 13.5. The van der Waals surface area contributed by atoms with E-state index in [1.165, 1.54) is 17.8 Å². The molecule has 3 aromatic rings. The van der Waals surface area contributed by atoms with Crippen LogP contribution >= 0.6 is 11.6 Å². The highest BCUT2D eigenvalue weighted by molar-refractivity contribution is 6.31. The summed E-state index contributed by atoms with van der Waals surface area (Å²) < 4.78 is 39.3. The van der Waals surface area contributed by atoms with Crippen molar-refractivity contribution >= 4 is 23.3 Å². The van der Waals surface area contributed by atoms with Gasteiger partial charge in [-0.3, -0.25) is 4.79 Å². The lowest BCUT2D eigenvalue weighted by atomic mass is 10.1. The van der Waals surface area contributed by atoms with E-state index >= 15 is 0 Å². The molecule has 4 nitrogen and oxygen atoms in total. The van der Waals surface area contributed by atoms with Crippen molar-refractivity contribution in [3.05, 3.63) is 93.6 Å². The Labute approximate surface area is 196 Å². The SMILES string of the molecule is CCc1ccc(CN(CCc2cccc(C(F)(F)F)c2)C(=O)c2cc(Cl)cnc2NC)cc1. The molecule has 8 heteroatoms. The zero-order valence-electron chi connectivity index (χ0n) is 18.4. The Kier molecular flexibility index (Phi) is 7.97. The average Bonchev–Trinajstić information content (AvgIpc) is 2.81. The van der Waals surface area contributed by atoms with E-state index in [2.05, 4.69) is 17.2 Å². The number of nitrogens with one attached hydrogen (secondary N) is 1. The molecule has 0 radical (unpaired) electrons. The smallest absolute Gasteiger partial charge is 0.372 e. The van der Waals surface area contributed by atoms with Crippen molar-refractivity contribution in [3.63, 3.8) is 0 Å². The number of rotatable bonds is 8. The standard InChI is InChI=1S/C25H25ClF3N3O/c1-3-17-7-9-19(10-8-17)16-32(24(33)22-14-21(26)15-31-23(22)30-2)12-11-18-5-4-6-20(13-18)25(27,28)29/h4-10,13-15H,3,11-12,16H2,1-2H3,(H,30,31). The Morgan fingerprint density at radius 1 is 1.06 bits per heavy atom. The number of hydrogen-bond donors (Lipinski definition) is 1. The molecule has 0 saturated heterocycles. The molecule has 0 unspecified atom stereocenters. The molecule has 1 aromatic heterocycles. The summed E-state index contributed by atoms with van der Waals surface area (Å²) in [5.41, 5.74) is 2.20. The lowest BCUT2D eigenvalue weighted by Crippen LogP contribution is -2.33. The summed E-state index contributed by atoms with van der Waals surface area (Å²) in [7, 11) is 1.66. The van der Waals surface area contributed by atoms with Crippen LogP contribution in [-0.4, -0.2) is 29.4 Å². The number of benzene rings is 2. The predicted octanol–water partition coefficient (Wildman–Crippen LogP) is 6.24. The van der Waals surface area contributed by atoms with E-state index in [0.29, 0.717) is 28.5 Å². The second-order valence-corrected chi connectivity index (χ2v) is 8.08. The molecule has 0 aliphatic rings. The predicted molar refractivity (Wildman–Crippen MR) is 125 cm³/mol. The minimum Gasteiger partial charge on any atom is -0.372 e. The van der Waals surface area contributed by atoms with Crippen LogP contribution < -0.4 is 5.32 Å². The number of pyridine rings is 1. The third kappa shape index (κ3) is 6.48. The van der Waals surface area contributed by atoms with E-state index in [0.717, 1.165) is 24.1 Å². The number of halogens is 4. The van der Waals surface area contributed by atoms with Gasteiger partial charge in [-0.05, 0) is 41.7 Å². The lowest BCUT2D eigenvalue weighted by Gasteiger charge is -2.24. The number of anilines is 1. The number of carbonyl (C=O) groups is 1. The number of aromatic nitrogens is 1. The van der Waals surface area contributed by atoms with Gasteiger partial charge >= 0.3 is 6.18 Å². The van der Waals surface area contributed by atoms with Gasteiger partial charge in [0.25, 0.3) is 5.91 Å². The fourth-order valence-corrected chi connectivity index (χ4v) is 3.65. The van der Waals surface area contributed by atoms with Crippen molar-refractivity contribution in [1.29, 1.82) is 0 Å². The van der Waals surface area contributed by atoms with E-state index in [1.807, 2.05) is 24.3 Å². The van der Waals surface area contributed by atoms with Crippen LogP contribution in [0, 0.1) is 0 Å². The summed E-state index contributed by atoms with van der Waals surface area (Å²) >= 11 is 6.08. The molecular formula is C25H25ClF3N3O. The molecule has 0 atom stereocenters. The molecule has 0 aliphatic carbocycles. The summed E-state index contributed by atoms with van der Waals surface area (Å²) in [5, 5.41) is 3.21. The quantitative estimate of drug-likeness (QED) is 0.419. The zero-order valence-corrected chi connectivity index (χ0v) is 19.2. The molecule has 0 spiro atoms. The van der Waals surface area contributed by atoms with E-state index in [-0.39, 0.29) is 18.9 Å². The van der Waals surface area contributed by atoms with E-state index in [4.69, 9.17) is 11.6 Å². The first-order valence-corrected chi connectivity index (χ1v) is 11.0. The normalized spacial score (nSPS) is 11.3. The molecule has 0 fully saturated rings. The summed E-state index contributed by atoms with van der Waals surface area (Å²) in [6.45, 7) is 2.59. The van der Waals surface area contributed by atoms with Gasteiger partial charge in [-0.2, -0.15) is 13.2 Å². The first-order chi connectivity index (χ1) is 15.7. The summed E-state index contributed by atoms with van der Waals surface area (Å²) in [5.74, 6) is 0.0793. The fraction of sp³-hybridized carbons (Fsp3) is 0.280. The third-order valence-electron chi connectivity index (χ3n) is 5.34. The summed E-state index contributed by atoms with van der Waals surface area (Å²) in [6.07, 6.45) is -1.80. The minimum absolute atomic E-state index is 0.228. The highest BCUT2D eigenvalue weighted by Gasteiger charge is 2.30. The van der Waals surface area contributed by atoms with Gasteiger partial charge in [0.05, 0.1) is 16.1 Å². The zero-order chi connectivity index (χ0) is 24.0. The Bertz CT molecular complexity index is 1100. The number of nitrogens with zero attached hydrogens (tertiary/aromatic N) is 2. The van der Waals surface area contributed by atoms with Crippen molar-refractivity contribution in [2.75, 3.05) is 18.9 Å². The summed E-state index contributed by atoms with van der Waals surface area (Å²) in [4.78, 5) is 19.2. The third-order valence-corrected chi connectivity index (χ3v) is 5.54. The van der Waals surface area contributed by atoms with Gasteiger partial charge in [0.15, 0.2) is 0 Å². The number of hydrogen-bond acceptors (Lipinski definition) is 3. The Morgan fingerprint density at radius 2 is 1.76 bits per heavy atom. The minimum atomic E-state index is -4.42. The van der Waals surface area contributed by atoms with Crippen LogP contribution in [0.2, 0.25) is 5.02 Å². The Morgan fingerprint density at radius 3 is 2.39 bits per heavy atom. The first-order valence-electron chi connectivity index (χ1n) is 10.6. The second kappa shape index (κ2) is 10.7. The molecule has 3 rings (SSSR count). The van der Waals surface area contributed by atoms with Crippen LogP contribution in [0.4, 0.5) is 19.0 Å². The van der Waals surface area contributed by atoms with Gasteiger partial charge in [0, 0.05) is 26.3 Å². The van der Waals surface area contributed by atoms with E-state index in [1.54, 1.807) is 24.1 Å². The van der Waals surface area contributed by atoms with Gasteiger partial charge in [-0.25, -0.2) is 4.98 Å². The maximum atomic E-state index is 13.5. The van der Waals surface area contributed by atoms with Gasteiger partial charge in [0.2, 0.25) is 0 Å². The van der Waals surface area contributed by atoms with Gasteiger partial charge in [-0.15, -0.1) is 0 Å². The van der Waals surface area contributed by atoms with Crippen molar-refractivity contribution in [3.8, 4) is 0 Å². The van der Waals surface area contributed by atoms with Crippen molar-refractivity contribution in [2.45, 2.75) is 32.5 Å². The molecule has 1 amide bonds. The van der Waals surface area contributed by atoms with Crippen LogP contribution in [0.5, 0.6) is 0 Å². The lowest BCUT2D eigenvalue weighted by molar-refractivity contribution is -0.137. The highest BCUT2D eigenvalue weighted by Crippen LogP contribution is 2.30. The van der Waals surface area contributed by atoms with Crippen LogP contribution in [0.15, 0.2) is 60.8 Å². The van der Waals surface area contributed by atoms with Gasteiger partial charge < -0.3 is 10.2 Å². The molecule has 174 valence electrons. The largest absolute Gasteiger partial charge is 0.416 e. The summed E-state index contributed by atoms with van der Waals surface area (Å²) in [6, 6.07) is 14.6. The molecule has 2 aromatic carbocycles. The second-order valence-electron chi connectivity index (χ2n) is 7.64. The van der Waals surface area contributed by atoms with Crippen LogP contribution in [-0.2, 0) is 25.6 Å². The number of aryl methyl sites for hydroxylation is 1. The van der Waals surface area contributed by atoms with Crippen LogP contribution in [0.1, 0.15) is 39.5 Å². The molecular weight excluding hydrogens is 451 g/mol. The molecule has 33 heavy (non-hydrogen) atoms. The van der Waals surface area contributed by atoms with Gasteiger partial charge in [0.1, 0.15) is 5.82 Å². The average molecular weight is 476 g/mol. The van der Waals surface area contributed by atoms with Gasteiger partial charge in [-0.1, -0.05) is 61.0 Å². The van der Waals surface area contributed by atoms with E-state index in [9.17, 15) is 18.0 Å². The molecule has 1 N–H and O–H groups in total. The molecule has 0 aliphatic heterocycles. The number of amides is 1. The van der Waals surface area contributed by atoms with E-state index < -0.39 is 11.7 Å². The fourth-order valence-electron chi connectivity index (χ4n) is 3.49. The van der Waals surface area contributed by atoms with Crippen LogP contribution in [0.25, 0.3) is 0 Å². The topological polar surface area (TPSA) is 45.2 Å². The highest BCUT2D eigenvalue weighted by atomic mass is 35.5. The Balaban J connectivity index is 1.88. The van der Waals surface area contributed by atoms with Crippen molar-refractivity contribution in [2.24, 2.45) is 0 Å². The molecule has 1 heterocycles. The monoisotopic (exact) mass is 475 g/mol. The van der Waals surface area contributed by atoms with Crippen molar-refractivity contribution in [1.82, 2.24) is 9.88 Å². The number of carbonyl (C=O) groups excluding carboxylic acids is 1. The molecule has 0 saturated carbocycles. The van der Waals surface area contributed by atoms with Crippen molar-refractivity contribution < 1.29 is 18.0 Å².